The molecule has 2 aromatic rings. The molecule has 0 spiro atoms. The molecule has 9 nitrogen and oxygen atoms in total. The van der Waals surface area contributed by atoms with Crippen LogP contribution in [0.1, 0.15) is 32.7 Å². The molecule has 0 aliphatic carbocycles. The molecule has 0 saturated carbocycles. The summed E-state index contributed by atoms with van der Waals surface area (Å²) in [4.78, 5) is 48.0. The third-order valence-corrected chi connectivity index (χ3v) is 5.46. The van der Waals surface area contributed by atoms with Crippen molar-refractivity contribution in [2.75, 3.05) is 32.9 Å². The number of carboxylic acids is 1. The Labute approximate surface area is 201 Å². The van der Waals surface area contributed by atoms with E-state index in [1.165, 1.54) is 21.9 Å². The Morgan fingerprint density at radius 1 is 1.14 bits per heavy atom. The van der Waals surface area contributed by atoms with Crippen LogP contribution in [0.2, 0.25) is 0 Å². The Morgan fingerprint density at radius 2 is 1.78 bits per heavy atom. The molecule has 36 heavy (non-hydrogen) atoms. The summed E-state index contributed by atoms with van der Waals surface area (Å²) < 4.78 is 58.6. The van der Waals surface area contributed by atoms with Crippen LogP contribution in [0.4, 0.5) is 22.0 Å². The summed E-state index contributed by atoms with van der Waals surface area (Å²) >= 11 is 0. The zero-order valence-electron chi connectivity index (χ0n) is 19.3. The van der Waals surface area contributed by atoms with E-state index in [0.717, 1.165) is 5.56 Å². The van der Waals surface area contributed by atoms with Crippen LogP contribution in [-0.2, 0) is 16.0 Å². The number of hydrogen-bond acceptors (Lipinski definition) is 5. The highest BCUT2D eigenvalue weighted by atomic mass is 19.4. The van der Waals surface area contributed by atoms with Gasteiger partial charge < -0.3 is 14.9 Å². The molecule has 1 saturated heterocycles. The molecule has 2 N–H and O–H groups in total. The largest absolute Gasteiger partial charge is 0.490 e. The van der Waals surface area contributed by atoms with Crippen molar-refractivity contribution in [3.63, 3.8) is 0 Å². The summed E-state index contributed by atoms with van der Waals surface area (Å²) in [7, 11) is 0. The Hall–Kier alpha value is -3.84. The van der Waals surface area contributed by atoms with Gasteiger partial charge in [0.25, 0.3) is 11.5 Å². The van der Waals surface area contributed by atoms with Gasteiger partial charge in [-0.2, -0.15) is 18.3 Å². The normalized spacial score (nSPS) is 13.8. The lowest BCUT2D eigenvalue weighted by Gasteiger charge is -2.34. The molecular formula is C22H23F5N4O5. The Bertz CT molecular complexity index is 1200. The fraction of sp³-hybridized carbons (Fsp3) is 0.409. The standard InChI is InChI=1S/C20H22F2N4O3.C2HF3O2/c1-12-13(2)19(28)24-23-17(12)10-14-3-4-16(22)15(9-14)20(29)26-8-7-25(6-5-21)18(27)11-26;3-2(4,5)1(6)7/h3-4,9H,5-8,10-11H2,1-2H3,(H,24,28);(H,6,7). The van der Waals surface area contributed by atoms with E-state index < -0.39 is 30.5 Å². The number of carbonyl (C=O) groups is 3. The maximum atomic E-state index is 14.3. The predicted octanol–water partition coefficient (Wildman–Crippen LogP) is 2.00. The van der Waals surface area contributed by atoms with Crippen LogP contribution in [0, 0.1) is 19.7 Å². The van der Waals surface area contributed by atoms with Crippen LogP contribution in [0.15, 0.2) is 23.0 Å². The van der Waals surface area contributed by atoms with Gasteiger partial charge in [0, 0.05) is 31.6 Å². The number of aromatic amines is 1. The van der Waals surface area contributed by atoms with Crippen molar-refractivity contribution in [3.05, 3.63) is 62.3 Å². The molecule has 1 aliphatic rings. The van der Waals surface area contributed by atoms with E-state index >= 15 is 0 Å². The minimum atomic E-state index is -5.08. The number of rotatable bonds is 5. The first kappa shape index (κ1) is 28.4. The van der Waals surface area contributed by atoms with Crippen LogP contribution in [0.3, 0.4) is 0 Å². The molecule has 14 heteroatoms. The number of alkyl halides is 4. The number of nitrogens with zero attached hydrogens (tertiary/aromatic N) is 3. The van der Waals surface area contributed by atoms with E-state index in [0.29, 0.717) is 23.2 Å². The van der Waals surface area contributed by atoms with Crippen molar-refractivity contribution in [2.45, 2.75) is 26.4 Å². The van der Waals surface area contributed by atoms with Gasteiger partial charge in [-0.1, -0.05) is 6.07 Å². The van der Waals surface area contributed by atoms with Crippen LogP contribution in [0.25, 0.3) is 0 Å². The summed E-state index contributed by atoms with van der Waals surface area (Å²) in [5.41, 5.74) is 2.17. The van der Waals surface area contributed by atoms with E-state index in [2.05, 4.69) is 10.2 Å². The Balaban J connectivity index is 0.000000572. The number of nitrogens with one attached hydrogen (secondary N) is 1. The second-order valence-electron chi connectivity index (χ2n) is 7.84. The van der Waals surface area contributed by atoms with Crippen molar-refractivity contribution < 1.29 is 41.4 Å². The molecule has 0 unspecified atom stereocenters. The minimum absolute atomic E-state index is 0.00432. The number of hydrogen-bond donors (Lipinski definition) is 2. The van der Waals surface area contributed by atoms with Gasteiger partial charge in [0.05, 0.1) is 11.3 Å². The lowest BCUT2D eigenvalue weighted by Crippen LogP contribution is -2.52. The first-order chi connectivity index (χ1) is 16.8. The van der Waals surface area contributed by atoms with Gasteiger partial charge in [0.15, 0.2) is 0 Å². The van der Waals surface area contributed by atoms with Gasteiger partial charge in [-0.3, -0.25) is 14.4 Å². The number of benzene rings is 1. The number of aromatic nitrogens is 2. The van der Waals surface area contributed by atoms with E-state index in [-0.39, 0.29) is 43.2 Å². The molecule has 3 rings (SSSR count). The quantitative estimate of drug-likeness (QED) is 0.584. The number of H-pyrrole nitrogens is 1. The fourth-order valence-corrected chi connectivity index (χ4v) is 3.28. The van der Waals surface area contributed by atoms with Crippen molar-refractivity contribution in [1.82, 2.24) is 20.0 Å². The van der Waals surface area contributed by atoms with Gasteiger partial charge in [-0.05, 0) is 37.1 Å². The zero-order chi connectivity index (χ0) is 27.2. The number of carboxylic acid groups (broad SMARTS) is 1. The fourth-order valence-electron chi connectivity index (χ4n) is 3.28. The first-order valence-electron chi connectivity index (χ1n) is 10.5. The van der Waals surface area contributed by atoms with E-state index in [1.807, 2.05) is 0 Å². The molecule has 196 valence electrons. The van der Waals surface area contributed by atoms with Gasteiger partial charge in [0.2, 0.25) is 5.91 Å². The average molecular weight is 518 g/mol. The molecule has 2 heterocycles. The highest BCUT2D eigenvalue weighted by Gasteiger charge is 2.38. The van der Waals surface area contributed by atoms with Crippen LogP contribution in [-0.4, -0.2) is 81.9 Å². The molecule has 0 bridgehead atoms. The lowest BCUT2D eigenvalue weighted by molar-refractivity contribution is -0.192. The zero-order valence-corrected chi connectivity index (χ0v) is 19.3. The second-order valence-corrected chi connectivity index (χ2v) is 7.84. The summed E-state index contributed by atoms with van der Waals surface area (Å²) in [6.07, 6.45) is -4.77. The van der Waals surface area contributed by atoms with E-state index in [9.17, 15) is 36.3 Å². The predicted molar refractivity (Wildman–Crippen MR) is 116 cm³/mol. The Morgan fingerprint density at radius 3 is 2.33 bits per heavy atom. The van der Waals surface area contributed by atoms with Crippen molar-refractivity contribution in [3.8, 4) is 0 Å². The van der Waals surface area contributed by atoms with Gasteiger partial charge in [0.1, 0.15) is 19.0 Å². The molecule has 0 radical (unpaired) electrons. The molecule has 1 aliphatic heterocycles. The molecular weight excluding hydrogens is 495 g/mol. The molecule has 1 aromatic heterocycles. The van der Waals surface area contributed by atoms with Crippen LogP contribution in [0.5, 0.6) is 0 Å². The Kier molecular flexibility index (Phi) is 9.25. The SMILES string of the molecule is Cc1c(Cc2ccc(F)c(C(=O)N3CCN(CCF)C(=O)C3)c2)n[nH]c(=O)c1C.O=C(O)C(F)(F)F. The average Bonchev–Trinajstić information content (AvgIpc) is 2.81. The van der Waals surface area contributed by atoms with Gasteiger partial charge in [-0.25, -0.2) is 18.7 Å². The number of aliphatic carboxylic acids is 1. The van der Waals surface area contributed by atoms with Crippen molar-refractivity contribution >= 4 is 17.8 Å². The molecule has 2 amide bonds. The van der Waals surface area contributed by atoms with Crippen molar-refractivity contribution in [1.29, 1.82) is 0 Å². The van der Waals surface area contributed by atoms with Crippen molar-refractivity contribution in [2.24, 2.45) is 0 Å². The molecule has 1 aromatic carbocycles. The number of carbonyl (C=O) groups excluding carboxylic acids is 2. The summed E-state index contributed by atoms with van der Waals surface area (Å²) in [5.74, 6) is -4.38. The highest BCUT2D eigenvalue weighted by molar-refractivity contribution is 5.97. The molecule has 0 atom stereocenters. The summed E-state index contributed by atoms with van der Waals surface area (Å²) in [6.45, 7) is 3.05. The van der Waals surface area contributed by atoms with E-state index in [1.54, 1.807) is 19.9 Å². The number of piperazine rings is 1. The topological polar surface area (TPSA) is 124 Å². The van der Waals surface area contributed by atoms with Crippen LogP contribution >= 0.6 is 0 Å². The first-order valence-corrected chi connectivity index (χ1v) is 10.5. The lowest BCUT2D eigenvalue weighted by atomic mass is 10.0. The third kappa shape index (κ3) is 7.09. The van der Waals surface area contributed by atoms with E-state index in [4.69, 9.17) is 9.90 Å². The number of amides is 2. The monoisotopic (exact) mass is 518 g/mol. The summed E-state index contributed by atoms with van der Waals surface area (Å²) in [6, 6.07) is 4.20. The number of halogens is 5. The maximum Gasteiger partial charge on any atom is 0.490 e. The van der Waals surface area contributed by atoms with Gasteiger partial charge in [-0.15, -0.1) is 0 Å². The minimum Gasteiger partial charge on any atom is -0.475 e. The molecule has 1 fully saturated rings. The highest BCUT2D eigenvalue weighted by Crippen LogP contribution is 2.18. The second kappa shape index (κ2) is 11.7. The third-order valence-electron chi connectivity index (χ3n) is 5.46. The maximum absolute atomic E-state index is 14.3. The van der Waals surface area contributed by atoms with Crippen LogP contribution < -0.4 is 5.56 Å². The smallest absolute Gasteiger partial charge is 0.475 e. The summed E-state index contributed by atoms with van der Waals surface area (Å²) in [5, 5.41) is 13.6. The van der Waals surface area contributed by atoms with Gasteiger partial charge >= 0.3 is 12.1 Å².